The summed E-state index contributed by atoms with van der Waals surface area (Å²) in [5, 5.41) is 3.04. The maximum atomic E-state index is 11.1. The van der Waals surface area contributed by atoms with E-state index in [0.717, 1.165) is 0 Å². The third kappa shape index (κ3) is 2.32. The number of carbonyl (C=O) groups excluding carboxylic acids is 1. The van der Waals surface area contributed by atoms with Crippen LogP contribution >= 0.6 is 11.6 Å². The summed E-state index contributed by atoms with van der Waals surface area (Å²) in [6, 6.07) is 3.02. The van der Waals surface area contributed by atoms with E-state index < -0.39 is 5.97 Å². The second kappa shape index (κ2) is 4.09. The minimum absolute atomic E-state index is 0.257. The molecule has 1 heterocycles. The van der Waals surface area contributed by atoms with Crippen LogP contribution in [-0.2, 0) is 4.74 Å². The Labute approximate surface area is 80.9 Å². The van der Waals surface area contributed by atoms with E-state index >= 15 is 0 Å². The van der Waals surface area contributed by atoms with Gasteiger partial charge in [0.25, 0.3) is 0 Å². The van der Waals surface area contributed by atoms with E-state index in [1.165, 1.54) is 13.2 Å². The molecule has 70 valence electrons. The van der Waals surface area contributed by atoms with E-state index in [-0.39, 0.29) is 5.15 Å². The van der Waals surface area contributed by atoms with Gasteiger partial charge in [-0.3, -0.25) is 0 Å². The predicted molar refractivity (Wildman–Crippen MR) is 50.1 cm³/mol. The van der Waals surface area contributed by atoms with Gasteiger partial charge in [0.2, 0.25) is 0 Å². The van der Waals surface area contributed by atoms with Gasteiger partial charge in [-0.15, -0.1) is 0 Å². The van der Waals surface area contributed by atoms with Crippen molar-refractivity contribution < 1.29 is 9.53 Å². The van der Waals surface area contributed by atoms with Crippen LogP contribution < -0.4 is 5.32 Å². The number of rotatable bonds is 2. The molecule has 0 saturated carbocycles. The molecular weight excluding hydrogens is 192 g/mol. The SMILES string of the molecule is CNc1cc(C(=O)OC)cc(Cl)n1. The van der Waals surface area contributed by atoms with Crippen LogP contribution in [0.4, 0.5) is 5.82 Å². The van der Waals surface area contributed by atoms with Crippen LogP contribution in [0.2, 0.25) is 5.15 Å². The van der Waals surface area contributed by atoms with Crippen molar-refractivity contribution in [3.05, 3.63) is 22.8 Å². The Balaban J connectivity index is 3.08. The summed E-state index contributed by atoms with van der Waals surface area (Å²) >= 11 is 5.67. The highest BCUT2D eigenvalue weighted by atomic mass is 35.5. The van der Waals surface area contributed by atoms with Crippen molar-refractivity contribution in [1.29, 1.82) is 0 Å². The minimum Gasteiger partial charge on any atom is -0.465 e. The molecule has 0 aliphatic heterocycles. The van der Waals surface area contributed by atoms with Crippen LogP contribution in [0.15, 0.2) is 12.1 Å². The zero-order chi connectivity index (χ0) is 9.84. The average molecular weight is 201 g/mol. The van der Waals surface area contributed by atoms with Crippen molar-refractivity contribution in [1.82, 2.24) is 4.98 Å². The summed E-state index contributed by atoms with van der Waals surface area (Å²) in [4.78, 5) is 15.0. The largest absolute Gasteiger partial charge is 0.465 e. The van der Waals surface area contributed by atoms with Crippen molar-refractivity contribution in [2.24, 2.45) is 0 Å². The van der Waals surface area contributed by atoms with Crippen LogP contribution in [0.25, 0.3) is 0 Å². The summed E-state index contributed by atoms with van der Waals surface area (Å²) in [6.07, 6.45) is 0. The van der Waals surface area contributed by atoms with E-state index in [2.05, 4.69) is 15.0 Å². The summed E-state index contributed by atoms with van der Waals surface area (Å²) in [5.41, 5.74) is 0.381. The molecular formula is C8H9ClN2O2. The van der Waals surface area contributed by atoms with Gasteiger partial charge in [-0.25, -0.2) is 9.78 Å². The van der Waals surface area contributed by atoms with Gasteiger partial charge in [0.15, 0.2) is 0 Å². The first-order chi connectivity index (χ1) is 6.17. The zero-order valence-electron chi connectivity index (χ0n) is 7.30. The fraction of sp³-hybridized carbons (Fsp3) is 0.250. The first kappa shape index (κ1) is 9.80. The predicted octanol–water partition coefficient (Wildman–Crippen LogP) is 1.56. The molecule has 0 aromatic carbocycles. The fourth-order valence-electron chi connectivity index (χ4n) is 0.861. The van der Waals surface area contributed by atoms with Crippen LogP contribution in [-0.4, -0.2) is 25.1 Å². The molecule has 0 aliphatic carbocycles. The number of carbonyl (C=O) groups is 1. The Morgan fingerprint density at radius 1 is 1.62 bits per heavy atom. The van der Waals surface area contributed by atoms with Gasteiger partial charge in [0.05, 0.1) is 12.7 Å². The molecule has 13 heavy (non-hydrogen) atoms. The van der Waals surface area contributed by atoms with Crippen molar-refractivity contribution in [3.63, 3.8) is 0 Å². The van der Waals surface area contributed by atoms with Crippen molar-refractivity contribution in [3.8, 4) is 0 Å². The smallest absolute Gasteiger partial charge is 0.338 e. The van der Waals surface area contributed by atoms with E-state index in [1.807, 2.05) is 0 Å². The number of nitrogens with zero attached hydrogens (tertiary/aromatic N) is 1. The fourth-order valence-corrected chi connectivity index (χ4v) is 1.07. The van der Waals surface area contributed by atoms with Gasteiger partial charge in [-0.1, -0.05) is 11.6 Å². The number of nitrogens with one attached hydrogen (secondary N) is 1. The Morgan fingerprint density at radius 3 is 2.85 bits per heavy atom. The van der Waals surface area contributed by atoms with Gasteiger partial charge in [-0.2, -0.15) is 0 Å². The van der Waals surface area contributed by atoms with Gasteiger partial charge >= 0.3 is 5.97 Å². The van der Waals surface area contributed by atoms with E-state index in [0.29, 0.717) is 11.4 Å². The maximum Gasteiger partial charge on any atom is 0.338 e. The number of esters is 1. The van der Waals surface area contributed by atoms with E-state index in [9.17, 15) is 4.79 Å². The number of hydrogen-bond donors (Lipinski definition) is 1. The molecule has 0 unspecified atom stereocenters. The molecule has 0 atom stereocenters. The highest BCUT2D eigenvalue weighted by Crippen LogP contribution is 2.14. The summed E-state index contributed by atoms with van der Waals surface area (Å²) < 4.78 is 4.54. The summed E-state index contributed by atoms with van der Waals surface area (Å²) in [5.74, 6) is 0.105. The monoisotopic (exact) mass is 200 g/mol. The molecule has 0 fully saturated rings. The van der Waals surface area contributed by atoms with E-state index in [1.54, 1.807) is 13.1 Å². The Kier molecular flexibility index (Phi) is 3.08. The zero-order valence-corrected chi connectivity index (χ0v) is 8.05. The van der Waals surface area contributed by atoms with E-state index in [4.69, 9.17) is 11.6 Å². The molecule has 5 heteroatoms. The van der Waals surface area contributed by atoms with Gasteiger partial charge in [0, 0.05) is 7.05 Å². The summed E-state index contributed by atoms with van der Waals surface area (Å²) in [7, 11) is 3.01. The van der Waals surface area contributed by atoms with Gasteiger partial charge < -0.3 is 10.1 Å². The van der Waals surface area contributed by atoms with Crippen LogP contribution in [0.1, 0.15) is 10.4 Å². The lowest BCUT2D eigenvalue weighted by Crippen LogP contribution is -2.03. The molecule has 1 rings (SSSR count). The lowest BCUT2D eigenvalue weighted by Gasteiger charge is -2.03. The number of halogens is 1. The number of aromatic nitrogens is 1. The highest BCUT2D eigenvalue weighted by Gasteiger charge is 2.07. The number of ether oxygens (including phenoxy) is 1. The first-order valence-electron chi connectivity index (χ1n) is 3.61. The van der Waals surface area contributed by atoms with Gasteiger partial charge in [0.1, 0.15) is 11.0 Å². The van der Waals surface area contributed by atoms with Gasteiger partial charge in [-0.05, 0) is 12.1 Å². The van der Waals surface area contributed by atoms with Crippen LogP contribution in [0, 0.1) is 0 Å². The maximum absolute atomic E-state index is 11.1. The summed E-state index contributed by atoms with van der Waals surface area (Å²) in [6.45, 7) is 0. The average Bonchev–Trinajstić information content (AvgIpc) is 2.15. The first-order valence-corrected chi connectivity index (χ1v) is 3.99. The Morgan fingerprint density at radius 2 is 2.31 bits per heavy atom. The standard InChI is InChI=1S/C8H9ClN2O2/c1-10-7-4-5(8(12)13-2)3-6(9)11-7/h3-4H,1-2H3,(H,10,11). The number of anilines is 1. The second-order valence-corrected chi connectivity index (χ2v) is 2.69. The second-order valence-electron chi connectivity index (χ2n) is 2.31. The lowest BCUT2D eigenvalue weighted by atomic mass is 10.2. The third-order valence-corrected chi connectivity index (χ3v) is 1.66. The Hall–Kier alpha value is -1.29. The molecule has 0 spiro atoms. The molecule has 1 aromatic rings. The lowest BCUT2D eigenvalue weighted by molar-refractivity contribution is 0.0600. The third-order valence-electron chi connectivity index (χ3n) is 1.47. The van der Waals surface area contributed by atoms with Crippen molar-refractivity contribution >= 4 is 23.4 Å². The minimum atomic E-state index is -0.430. The topological polar surface area (TPSA) is 51.2 Å². The van der Waals surface area contributed by atoms with Crippen molar-refractivity contribution in [2.45, 2.75) is 0 Å². The number of pyridine rings is 1. The molecule has 0 amide bonds. The molecule has 4 nitrogen and oxygen atoms in total. The quantitative estimate of drug-likeness (QED) is 0.582. The molecule has 0 saturated heterocycles. The highest BCUT2D eigenvalue weighted by molar-refractivity contribution is 6.29. The van der Waals surface area contributed by atoms with Crippen LogP contribution in [0.5, 0.6) is 0 Å². The molecule has 0 radical (unpaired) electrons. The Bertz CT molecular complexity index is 328. The van der Waals surface area contributed by atoms with Crippen molar-refractivity contribution in [2.75, 3.05) is 19.5 Å². The number of hydrogen-bond acceptors (Lipinski definition) is 4. The van der Waals surface area contributed by atoms with Crippen LogP contribution in [0.3, 0.4) is 0 Å². The molecule has 1 aromatic heterocycles. The normalized spacial score (nSPS) is 9.46. The molecule has 1 N–H and O–H groups in total. The molecule has 0 bridgehead atoms. The molecule has 0 aliphatic rings. The number of methoxy groups -OCH3 is 1.